The van der Waals surface area contributed by atoms with Crippen molar-refractivity contribution in [1.29, 1.82) is 0 Å². The number of rotatable bonds is 7. The molecule has 0 aliphatic carbocycles. The monoisotopic (exact) mass is 373 g/mol. The summed E-state index contributed by atoms with van der Waals surface area (Å²) in [7, 11) is 0. The van der Waals surface area contributed by atoms with Crippen molar-refractivity contribution in [2.75, 3.05) is 0 Å². The lowest BCUT2D eigenvalue weighted by Crippen LogP contribution is -2.16. The van der Waals surface area contributed by atoms with Crippen molar-refractivity contribution >= 4 is 0 Å². The third kappa shape index (κ3) is 13.6. The Balaban J connectivity index is 0. The molecule has 2 nitrogen and oxygen atoms in total. The average Bonchev–Trinajstić information content (AvgIpc) is 2.55. The summed E-state index contributed by atoms with van der Waals surface area (Å²) < 4.78 is 42.6. The number of benzene rings is 1. The molecule has 0 aliphatic heterocycles. The molecule has 0 amide bonds. The van der Waals surface area contributed by atoms with E-state index in [4.69, 9.17) is 10.5 Å². The molecule has 0 aromatic heterocycles. The summed E-state index contributed by atoms with van der Waals surface area (Å²) in [6.07, 6.45) is 7.70. The molecule has 1 aromatic carbocycles. The van der Waals surface area contributed by atoms with E-state index in [1.807, 2.05) is 13.8 Å². The standard InChI is InChI=1S/C13H17F3O.C6H15N.C2H2/c1-3-5-11(4-2)17-12-8-6-10(7-9-12)13(14,15)16;1-5(2)4-6(3)7;1-2/h6-9,11H,3-5H2,1-2H3;5-6H,4,7H2,1-3H3;1-2H. The van der Waals surface area contributed by atoms with Gasteiger partial charge in [-0.1, -0.05) is 34.1 Å². The normalized spacial score (nSPS) is 12.9. The maximum Gasteiger partial charge on any atom is 0.416 e. The van der Waals surface area contributed by atoms with Gasteiger partial charge in [-0.15, -0.1) is 12.8 Å². The summed E-state index contributed by atoms with van der Waals surface area (Å²) in [5.74, 6) is 1.25. The van der Waals surface area contributed by atoms with Gasteiger partial charge in [-0.25, -0.2) is 0 Å². The molecule has 2 N–H and O–H groups in total. The highest BCUT2D eigenvalue weighted by Gasteiger charge is 2.30. The highest BCUT2D eigenvalue weighted by Crippen LogP contribution is 2.30. The molecule has 0 radical (unpaired) electrons. The maximum absolute atomic E-state index is 12.3. The smallest absolute Gasteiger partial charge is 0.416 e. The molecule has 0 saturated heterocycles. The Kier molecular flexibility index (Phi) is 14.8. The number of nitrogens with two attached hydrogens (primary N) is 1. The molecule has 0 aliphatic rings. The Labute approximate surface area is 157 Å². The Morgan fingerprint density at radius 1 is 1.04 bits per heavy atom. The number of hydrogen-bond donors (Lipinski definition) is 1. The van der Waals surface area contributed by atoms with E-state index in [-0.39, 0.29) is 6.10 Å². The van der Waals surface area contributed by atoms with Crippen molar-refractivity contribution in [3.63, 3.8) is 0 Å². The van der Waals surface area contributed by atoms with Gasteiger partial charge in [0.2, 0.25) is 0 Å². The lowest BCUT2D eigenvalue weighted by atomic mass is 10.1. The number of halogens is 3. The largest absolute Gasteiger partial charge is 0.490 e. The fraction of sp³-hybridized carbons (Fsp3) is 0.619. The lowest BCUT2D eigenvalue weighted by molar-refractivity contribution is -0.137. The molecule has 5 heteroatoms. The highest BCUT2D eigenvalue weighted by atomic mass is 19.4. The van der Waals surface area contributed by atoms with Crippen LogP contribution in [0.5, 0.6) is 5.75 Å². The second-order valence-corrected chi connectivity index (χ2v) is 6.57. The van der Waals surface area contributed by atoms with Crippen LogP contribution in [-0.2, 0) is 6.18 Å². The molecule has 2 atom stereocenters. The quantitative estimate of drug-likeness (QED) is 0.570. The van der Waals surface area contributed by atoms with E-state index in [0.29, 0.717) is 11.8 Å². The van der Waals surface area contributed by atoms with Crippen LogP contribution in [0.3, 0.4) is 0 Å². The predicted octanol–water partition coefficient (Wildman–Crippen LogP) is 6.29. The van der Waals surface area contributed by atoms with Gasteiger partial charge in [-0.2, -0.15) is 13.2 Å². The zero-order chi connectivity index (χ0) is 20.8. The van der Waals surface area contributed by atoms with Crippen LogP contribution < -0.4 is 10.5 Å². The molecule has 0 bridgehead atoms. The molecule has 0 spiro atoms. The van der Waals surface area contributed by atoms with Crippen LogP contribution >= 0.6 is 0 Å². The highest BCUT2D eigenvalue weighted by molar-refractivity contribution is 5.29. The van der Waals surface area contributed by atoms with Gasteiger partial charge >= 0.3 is 6.18 Å². The first kappa shape index (κ1) is 26.6. The summed E-state index contributed by atoms with van der Waals surface area (Å²) in [6.45, 7) is 10.5. The molecule has 0 fully saturated rings. The van der Waals surface area contributed by atoms with E-state index in [1.165, 1.54) is 12.1 Å². The minimum atomic E-state index is -4.29. The summed E-state index contributed by atoms with van der Waals surface area (Å²) >= 11 is 0. The van der Waals surface area contributed by atoms with Crippen LogP contribution in [0.4, 0.5) is 13.2 Å². The Hall–Kier alpha value is -1.67. The second-order valence-electron chi connectivity index (χ2n) is 6.57. The zero-order valence-corrected chi connectivity index (χ0v) is 16.6. The Bertz CT molecular complexity index is 458. The SMILES string of the molecule is C#C.CC(C)CC(C)N.CCCC(CC)Oc1ccc(C(F)(F)F)cc1. The van der Waals surface area contributed by atoms with Crippen LogP contribution in [0.15, 0.2) is 24.3 Å². The van der Waals surface area contributed by atoms with Crippen molar-refractivity contribution in [3.8, 4) is 18.6 Å². The molecule has 1 rings (SSSR count). The third-order valence-electron chi connectivity index (χ3n) is 3.39. The number of alkyl halides is 3. The van der Waals surface area contributed by atoms with Crippen molar-refractivity contribution in [3.05, 3.63) is 29.8 Å². The first-order valence-corrected chi connectivity index (χ1v) is 9.02. The fourth-order valence-electron chi connectivity index (χ4n) is 2.33. The number of ether oxygens (including phenoxy) is 1. The predicted molar refractivity (Wildman–Crippen MR) is 104 cm³/mol. The van der Waals surface area contributed by atoms with E-state index < -0.39 is 11.7 Å². The average molecular weight is 374 g/mol. The van der Waals surface area contributed by atoms with Crippen molar-refractivity contribution in [2.24, 2.45) is 11.7 Å². The van der Waals surface area contributed by atoms with Crippen LogP contribution in [0.25, 0.3) is 0 Å². The first-order chi connectivity index (χ1) is 12.1. The molecule has 0 saturated carbocycles. The fourth-order valence-corrected chi connectivity index (χ4v) is 2.33. The van der Waals surface area contributed by atoms with Gasteiger partial charge in [-0.05, 0) is 56.4 Å². The third-order valence-corrected chi connectivity index (χ3v) is 3.39. The summed E-state index contributed by atoms with van der Waals surface area (Å²) in [6, 6.07) is 5.23. The van der Waals surface area contributed by atoms with Gasteiger partial charge in [-0.3, -0.25) is 0 Å². The molecule has 2 unspecified atom stereocenters. The van der Waals surface area contributed by atoms with Gasteiger partial charge in [0.05, 0.1) is 11.7 Å². The topological polar surface area (TPSA) is 35.2 Å². The molecular formula is C21H34F3NO. The van der Waals surface area contributed by atoms with Crippen LogP contribution in [0, 0.1) is 18.8 Å². The van der Waals surface area contributed by atoms with E-state index >= 15 is 0 Å². The molecule has 150 valence electrons. The number of terminal acetylenes is 1. The summed E-state index contributed by atoms with van der Waals surface area (Å²) in [5, 5.41) is 0. The first-order valence-electron chi connectivity index (χ1n) is 9.02. The van der Waals surface area contributed by atoms with Gasteiger partial charge < -0.3 is 10.5 Å². The van der Waals surface area contributed by atoms with E-state index in [9.17, 15) is 13.2 Å². The van der Waals surface area contributed by atoms with Gasteiger partial charge in [0.15, 0.2) is 0 Å². The number of hydrogen-bond acceptors (Lipinski definition) is 2. The molecular weight excluding hydrogens is 339 g/mol. The minimum absolute atomic E-state index is 0.0803. The molecule has 26 heavy (non-hydrogen) atoms. The molecule has 0 heterocycles. The van der Waals surface area contributed by atoms with Gasteiger partial charge in [0.1, 0.15) is 5.75 Å². The van der Waals surface area contributed by atoms with Crippen LogP contribution in [0.2, 0.25) is 0 Å². The minimum Gasteiger partial charge on any atom is -0.490 e. The summed E-state index contributed by atoms with van der Waals surface area (Å²) in [5.41, 5.74) is 4.85. The van der Waals surface area contributed by atoms with E-state index in [2.05, 4.69) is 33.6 Å². The Morgan fingerprint density at radius 3 is 1.81 bits per heavy atom. The van der Waals surface area contributed by atoms with Gasteiger partial charge in [0, 0.05) is 6.04 Å². The van der Waals surface area contributed by atoms with Gasteiger partial charge in [0.25, 0.3) is 0 Å². The lowest BCUT2D eigenvalue weighted by Gasteiger charge is -2.17. The van der Waals surface area contributed by atoms with Crippen LogP contribution in [0.1, 0.15) is 65.9 Å². The van der Waals surface area contributed by atoms with Crippen molar-refractivity contribution in [2.45, 2.75) is 78.6 Å². The zero-order valence-electron chi connectivity index (χ0n) is 16.6. The van der Waals surface area contributed by atoms with Crippen LogP contribution in [-0.4, -0.2) is 12.1 Å². The maximum atomic E-state index is 12.3. The van der Waals surface area contributed by atoms with E-state index in [1.54, 1.807) is 0 Å². The van der Waals surface area contributed by atoms with Crippen molar-refractivity contribution in [1.82, 2.24) is 0 Å². The molecule has 1 aromatic rings. The summed E-state index contributed by atoms with van der Waals surface area (Å²) in [4.78, 5) is 0. The second kappa shape index (κ2) is 14.5. The Morgan fingerprint density at radius 2 is 1.54 bits per heavy atom. The van der Waals surface area contributed by atoms with Crippen molar-refractivity contribution < 1.29 is 17.9 Å². The van der Waals surface area contributed by atoms with E-state index in [0.717, 1.165) is 43.7 Å².